The quantitative estimate of drug-likeness (QED) is 0.622. The van der Waals surface area contributed by atoms with E-state index < -0.39 is 7.60 Å². The number of hydrogen-bond donors (Lipinski definition) is 2. The molecule has 84 valence electrons. The third-order valence-corrected chi connectivity index (χ3v) is 3.26. The van der Waals surface area contributed by atoms with Crippen LogP contribution in [-0.4, -0.2) is 19.1 Å². The summed E-state index contributed by atoms with van der Waals surface area (Å²) >= 11 is 1.27. The molecule has 0 bridgehead atoms. The van der Waals surface area contributed by atoms with Crippen LogP contribution in [0.25, 0.3) is 10.6 Å². The number of nitrogens with zero attached hydrogens (tertiary/aromatic N) is 3. The zero-order valence-electron chi connectivity index (χ0n) is 8.09. The molecule has 0 unspecified atom stereocenters. The molecule has 2 aromatic rings. The smallest absolute Gasteiger partial charge is 0.320 e. The molecular weight excluding hydrogens is 249 g/mol. The Morgan fingerprint density at radius 1 is 1.38 bits per heavy atom. The summed E-state index contributed by atoms with van der Waals surface area (Å²) in [7, 11) is -4.03. The third kappa shape index (κ3) is 2.93. The van der Waals surface area contributed by atoms with E-state index in [0.29, 0.717) is 0 Å². The average molecular weight is 258 g/mol. The molecule has 0 aliphatic carbocycles. The highest BCUT2D eigenvalue weighted by molar-refractivity contribution is 7.50. The van der Waals surface area contributed by atoms with Gasteiger partial charge in [-0.05, 0) is 11.5 Å². The van der Waals surface area contributed by atoms with Gasteiger partial charge in [0, 0.05) is 17.7 Å². The summed E-state index contributed by atoms with van der Waals surface area (Å²) in [5, 5.41) is 0.781. The summed E-state index contributed by atoms with van der Waals surface area (Å²) in [6, 6.07) is 3.49. The summed E-state index contributed by atoms with van der Waals surface area (Å²) < 4.78 is 16.1. The molecule has 2 N–H and O–H groups in total. The minimum absolute atomic E-state index is 0.316. The van der Waals surface area contributed by atoms with E-state index in [1.807, 2.05) is 0 Å². The fourth-order valence-corrected chi connectivity index (χ4v) is 2.35. The Morgan fingerprint density at radius 3 is 2.56 bits per heavy atom. The van der Waals surface area contributed by atoms with Gasteiger partial charge in [-0.2, -0.15) is 8.94 Å². The first-order chi connectivity index (χ1) is 7.54. The largest absolute Gasteiger partial charge is 0.390 e. The lowest BCUT2D eigenvalue weighted by Gasteiger charge is -1.99. The number of hydrogen-bond acceptors (Lipinski definition) is 4. The molecule has 0 spiro atoms. The Labute approximate surface area is 95.6 Å². The van der Waals surface area contributed by atoms with E-state index in [0.717, 1.165) is 10.6 Å². The van der Waals surface area contributed by atoms with Crippen LogP contribution in [0, 0.1) is 0 Å². The molecular formula is C8H9N3O3PS+. The van der Waals surface area contributed by atoms with Gasteiger partial charge in [-0.15, -0.1) is 0 Å². The minimum Gasteiger partial charge on any atom is -0.320 e. The Bertz CT molecular complexity index is 508. The zero-order valence-corrected chi connectivity index (χ0v) is 9.80. The van der Waals surface area contributed by atoms with Crippen LogP contribution in [0.3, 0.4) is 0 Å². The Kier molecular flexibility index (Phi) is 3.11. The lowest BCUT2D eigenvalue weighted by molar-refractivity contribution is -0.679. The molecule has 2 rings (SSSR count). The van der Waals surface area contributed by atoms with Crippen LogP contribution in [-0.2, 0) is 10.9 Å². The van der Waals surface area contributed by atoms with Gasteiger partial charge in [0.05, 0.1) is 0 Å². The van der Waals surface area contributed by atoms with E-state index >= 15 is 0 Å². The van der Waals surface area contributed by atoms with Crippen molar-refractivity contribution in [3.63, 3.8) is 0 Å². The highest BCUT2D eigenvalue weighted by atomic mass is 32.1. The molecule has 6 nitrogen and oxygen atoms in total. The van der Waals surface area contributed by atoms with Crippen molar-refractivity contribution in [3.8, 4) is 10.6 Å². The van der Waals surface area contributed by atoms with Crippen molar-refractivity contribution < 1.29 is 18.9 Å². The Balaban J connectivity index is 2.20. The van der Waals surface area contributed by atoms with Crippen molar-refractivity contribution in [1.29, 1.82) is 0 Å². The first-order valence-corrected chi connectivity index (χ1v) is 6.92. The molecule has 0 aliphatic heterocycles. The maximum atomic E-state index is 10.8. The van der Waals surface area contributed by atoms with E-state index in [2.05, 4.69) is 9.36 Å². The van der Waals surface area contributed by atoms with Gasteiger partial charge in [-0.25, -0.2) is 4.98 Å². The van der Waals surface area contributed by atoms with E-state index in [1.54, 1.807) is 24.5 Å². The predicted molar refractivity (Wildman–Crippen MR) is 57.6 cm³/mol. The number of aromatic nitrogens is 3. The summed E-state index contributed by atoms with van der Waals surface area (Å²) in [4.78, 5) is 21.6. The van der Waals surface area contributed by atoms with Crippen LogP contribution < -0.4 is 4.57 Å². The summed E-state index contributed by atoms with van der Waals surface area (Å²) in [5.41, 5.74) is 0.879. The Hall–Kier alpha value is -1.14. The lowest BCUT2D eigenvalue weighted by atomic mass is 10.3. The van der Waals surface area contributed by atoms with Crippen LogP contribution in [0.5, 0.6) is 0 Å². The molecule has 0 atom stereocenters. The number of rotatable bonds is 3. The van der Waals surface area contributed by atoms with Gasteiger partial charge in [0.2, 0.25) is 6.29 Å². The average Bonchev–Trinajstić information content (AvgIpc) is 2.69. The summed E-state index contributed by atoms with van der Waals surface area (Å²) in [5.74, 6) is 0. The van der Waals surface area contributed by atoms with E-state index in [1.165, 1.54) is 22.4 Å². The topological polar surface area (TPSA) is 87.2 Å². The molecule has 0 radical (unpaired) electrons. The monoisotopic (exact) mass is 258 g/mol. The van der Waals surface area contributed by atoms with Gasteiger partial charge in [0.15, 0.2) is 12.4 Å². The van der Waals surface area contributed by atoms with Gasteiger partial charge in [-0.3, -0.25) is 4.57 Å². The summed E-state index contributed by atoms with van der Waals surface area (Å²) in [6.45, 7) is 0. The highest BCUT2D eigenvalue weighted by Gasteiger charge is 2.19. The molecule has 0 saturated heterocycles. The normalized spacial score (nSPS) is 11.6. The fourth-order valence-electron chi connectivity index (χ4n) is 1.21. The first kappa shape index (κ1) is 11.3. The van der Waals surface area contributed by atoms with Crippen LogP contribution in [0.1, 0.15) is 0 Å². The molecule has 0 amide bonds. The predicted octanol–water partition coefficient (Wildman–Crippen LogP) is 0.628. The van der Waals surface area contributed by atoms with Crippen molar-refractivity contribution >= 4 is 19.1 Å². The summed E-state index contributed by atoms with van der Waals surface area (Å²) in [6.07, 6.45) is 4.37. The molecule has 0 aromatic carbocycles. The zero-order chi connectivity index (χ0) is 11.6. The maximum absolute atomic E-state index is 10.8. The number of pyridine rings is 1. The van der Waals surface area contributed by atoms with E-state index in [4.69, 9.17) is 9.79 Å². The third-order valence-electron chi connectivity index (χ3n) is 1.85. The van der Waals surface area contributed by atoms with Crippen LogP contribution in [0.4, 0.5) is 0 Å². The van der Waals surface area contributed by atoms with Crippen LogP contribution in [0.2, 0.25) is 0 Å². The maximum Gasteiger partial charge on any atom is 0.390 e. The molecule has 8 heteroatoms. The molecule has 2 heterocycles. The van der Waals surface area contributed by atoms with Gasteiger partial charge in [-0.1, -0.05) is 0 Å². The first-order valence-electron chi connectivity index (χ1n) is 4.35. The van der Waals surface area contributed by atoms with Gasteiger partial charge in [0.25, 0.3) is 0 Å². The van der Waals surface area contributed by atoms with Crippen molar-refractivity contribution in [3.05, 3.63) is 30.9 Å². The fraction of sp³-hybridized carbons (Fsp3) is 0.125. The SMILES string of the molecule is O=P(O)(O)C[n+]1ccc(-c2ncns2)cc1. The lowest BCUT2D eigenvalue weighted by Crippen LogP contribution is -2.32. The van der Waals surface area contributed by atoms with Crippen molar-refractivity contribution in [2.24, 2.45) is 0 Å². The highest BCUT2D eigenvalue weighted by Crippen LogP contribution is 2.33. The second-order valence-electron chi connectivity index (χ2n) is 3.15. The van der Waals surface area contributed by atoms with E-state index in [9.17, 15) is 4.57 Å². The van der Waals surface area contributed by atoms with Gasteiger partial charge < -0.3 is 9.79 Å². The molecule has 0 aliphatic rings. The van der Waals surface area contributed by atoms with Gasteiger partial charge >= 0.3 is 7.60 Å². The van der Waals surface area contributed by atoms with Crippen molar-refractivity contribution in [2.45, 2.75) is 6.29 Å². The second-order valence-corrected chi connectivity index (χ2v) is 5.55. The van der Waals surface area contributed by atoms with Crippen molar-refractivity contribution in [2.75, 3.05) is 0 Å². The molecule has 0 saturated carbocycles. The van der Waals surface area contributed by atoms with Crippen molar-refractivity contribution in [1.82, 2.24) is 9.36 Å². The van der Waals surface area contributed by atoms with Crippen LogP contribution in [0.15, 0.2) is 30.9 Å². The molecule has 16 heavy (non-hydrogen) atoms. The second kappa shape index (κ2) is 4.39. The van der Waals surface area contributed by atoms with Gasteiger partial charge in [0.1, 0.15) is 11.3 Å². The molecule has 0 fully saturated rings. The van der Waals surface area contributed by atoms with E-state index in [-0.39, 0.29) is 6.29 Å². The molecule has 2 aromatic heterocycles. The minimum atomic E-state index is -4.03. The van der Waals surface area contributed by atoms with Crippen LogP contribution >= 0.6 is 19.1 Å². The standard InChI is InChI=1S/C8H8N3O3PS/c12-15(13,14)6-11-3-1-7(2-4-11)8-9-5-10-16-8/h1-5H,6H2,(H-,12,13,14)/p+1. The Morgan fingerprint density at radius 2 is 2.06 bits per heavy atom.